The summed E-state index contributed by atoms with van der Waals surface area (Å²) in [5, 5.41) is 4.24. The Morgan fingerprint density at radius 2 is 2.29 bits per heavy atom. The van der Waals surface area contributed by atoms with Crippen LogP contribution in [0.3, 0.4) is 0 Å². The third-order valence-corrected chi connectivity index (χ3v) is 2.96. The average molecular weight is 211 g/mol. The van der Waals surface area contributed by atoms with Gasteiger partial charge >= 0.3 is 0 Å². The molecule has 0 aliphatic carbocycles. The Balaban J connectivity index is 2.51. The molecule has 0 fully saturated rings. The zero-order chi connectivity index (χ0) is 10.1. The van der Waals surface area contributed by atoms with Crippen LogP contribution < -0.4 is 10.2 Å². The minimum Gasteiger partial charge on any atom is -0.382 e. The molecule has 1 heterocycles. The highest BCUT2D eigenvalue weighted by atomic mass is 35.5. The van der Waals surface area contributed by atoms with Crippen molar-refractivity contribution in [3.8, 4) is 0 Å². The van der Waals surface area contributed by atoms with Gasteiger partial charge in [0.15, 0.2) is 0 Å². The second kappa shape index (κ2) is 3.70. The molecule has 0 saturated carbocycles. The lowest BCUT2D eigenvalue weighted by atomic mass is 10.1. The Bertz CT molecular complexity index is 349. The Hall–Kier alpha value is -0.890. The van der Waals surface area contributed by atoms with Crippen molar-refractivity contribution in [3.05, 3.63) is 22.7 Å². The highest BCUT2D eigenvalue weighted by molar-refractivity contribution is 6.34. The zero-order valence-electron chi connectivity index (χ0n) is 8.60. The van der Waals surface area contributed by atoms with Gasteiger partial charge in [-0.05, 0) is 24.1 Å². The number of hydrogen-bond donors (Lipinski definition) is 1. The van der Waals surface area contributed by atoms with Crippen LogP contribution in [0.15, 0.2) is 12.1 Å². The van der Waals surface area contributed by atoms with Crippen molar-refractivity contribution in [3.63, 3.8) is 0 Å². The molecule has 2 rings (SSSR count). The van der Waals surface area contributed by atoms with Gasteiger partial charge in [-0.1, -0.05) is 18.5 Å². The number of fused-ring (bicyclic) bond motifs is 1. The van der Waals surface area contributed by atoms with Crippen LogP contribution in [0.25, 0.3) is 0 Å². The SMILES string of the molecule is CCc1cc(Cl)c2c(c1)NCCN2C. The molecule has 2 nitrogen and oxygen atoms in total. The zero-order valence-corrected chi connectivity index (χ0v) is 9.36. The van der Waals surface area contributed by atoms with Gasteiger partial charge in [0.05, 0.1) is 16.4 Å². The molecule has 0 aromatic heterocycles. The van der Waals surface area contributed by atoms with Crippen molar-refractivity contribution in [2.24, 2.45) is 0 Å². The normalized spacial score (nSPS) is 14.9. The molecule has 76 valence electrons. The van der Waals surface area contributed by atoms with Gasteiger partial charge in [-0.2, -0.15) is 0 Å². The molecule has 0 saturated heterocycles. The summed E-state index contributed by atoms with van der Waals surface area (Å²) in [6.45, 7) is 4.15. The summed E-state index contributed by atoms with van der Waals surface area (Å²) in [6, 6.07) is 4.25. The van der Waals surface area contributed by atoms with E-state index in [2.05, 4.69) is 36.3 Å². The fourth-order valence-electron chi connectivity index (χ4n) is 1.85. The van der Waals surface area contributed by atoms with Crippen molar-refractivity contribution < 1.29 is 0 Å². The lowest BCUT2D eigenvalue weighted by molar-refractivity contribution is 0.885. The Morgan fingerprint density at radius 3 is 3.00 bits per heavy atom. The van der Waals surface area contributed by atoms with E-state index in [9.17, 15) is 0 Å². The van der Waals surface area contributed by atoms with Gasteiger partial charge in [-0.3, -0.25) is 0 Å². The minimum absolute atomic E-state index is 0.856. The van der Waals surface area contributed by atoms with Crippen LogP contribution in [0.4, 0.5) is 11.4 Å². The summed E-state index contributed by atoms with van der Waals surface area (Å²) in [4.78, 5) is 2.20. The van der Waals surface area contributed by atoms with E-state index >= 15 is 0 Å². The van der Waals surface area contributed by atoms with E-state index in [1.54, 1.807) is 0 Å². The van der Waals surface area contributed by atoms with E-state index in [0.29, 0.717) is 0 Å². The van der Waals surface area contributed by atoms with Crippen LogP contribution in [-0.2, 0) is 6.42 Å². The Morgan fingerprint density at radius 1 is 1.50 bits per heavy atom. The number of halogens is 1. The molecule has 0 bridgehead atoms. The molecule has 1 aliphatic heterocycles. The molecule has 0 unspecified atom stereocenters. The molecule has 0 atom stereocenters. The molecule has 0 radical (unpaired) electrons. The number of nitrogens with one attached hydrogen (secondary N) is 1. The molecule has 0 amide bonds. The fraction of sp³-hybridized carbons (Fsp3) is 0.455. The number of anilines is 2. The van der Waals surface area contributed by atoms with Gasteiger partial charge in [-0.25, -0.2) is 0 Å². The lowest BCUT2D eigenvalue weighted by Crippen LogP contribution is -2.30. The maximum Gasteiger partial charge on any atom is 0.0789 e. The maximum atomic E-state index is 6.24. The third-order valence-electron chi connectivity index (χ3n) is 2.68. The van der Waals surface area contributed by atoms with E-state index in [-0.39, 0.29) is 0 Å². The summed E-state index contributed by atoms with van der Waals surface area (Å²) in [5.74, 6) is 0. The maximum absolute atomic E-state index is 6.24. The number of aryl methyl sites for hydroxylation is 1. The first-order chi connectivity index (χ1) is 6.72. The highest BCUT2D eigenvalue weighted by Crippen LogP contribution is 2.36. The highest BCUT2D eigenvalue weighted by Gasteiger charge is 2.16. The second-order valence-electron chi connectivity index (χ2n) is 3.68. The van der Waals surface area contributed by atoms with E-state index in [4.69, 9.17) is 11.6 Å². The largest absolute Gasteiger partial charge is 0.382 e. The van der Waals surface area contributed by atoms with Crippen molar-refractivity contribution in [1.82, 2.24) is 0 Å². The molecular formula is C11H15ClN2. The number of likely N-dealkylation sites (N-methyl/N-ethyl adjacent to an activating group) is 1. The van der Waals surface area contributed by atoms with Crippen molar-refractivity contribution in [2.45, 2.75) is 13.3 Å². The van der Waals surface area contributed by atoms with Gasteiger partial charge in [0.2, 0.25) is 0 Å². The molecule has 1 aromatic rings. The standard InChI is InChI=1S/C11H15ClN2/c1-3-8-6-9(12)11-10(7-8)13-4-5-14(11)2/h6-7,13H,3-5H2,1-2H3. The van der Waals surface area contributed by atoms with Gasteiger partial charge in [0, 0.05) is 20.1 Å². The third kappa shape index (κ3) is 1.55. The lowest BCUT2D eigenvalue weighted by Gasteiger charge is -2.30. The van der Waals surface area contributed by atoms with Crippen LogP contribution in [0, 0.1) is 0 Å². The van der Waals surface area contributed by atoms with Gasteiger partial charge < -0.3 is 10.2 Å². The summed E-state index contributed by atoms with van der Waals surface area (Å²) in [5.41, 5.74) is 3.59. The number of hydrogen-bond acceptors (Lipinski definition) is 2. The predicted molar refractivity (Wildman–Crippen MR) is 62.6 cm³/mol. The molecule has 14 heavy (non-hydrogen) atoms. The van der Waals surface area contributed by atoms with E-state index in [0.717, 1.165) is 30.2 Å². The van der Waals surface area contributed by atoms with Crippen molar-refractivity contribution in [1.29, 1.82) is 0 Å². The first kappa shape index (κ1) is 9.66. The number of rotatable bonds is 1. The quantitative estimate of drug-likeness (QED) is 0.767. The second-order valence-corrected chi connectivity index (χ2v) is 4.08. The van der Waals surface area contributed by atoms with E-state index < -0.39 is 0 Å². The Labute approximate surface area is 89.9 Å². The molecular weight excluding hydrogens is 196 g/mol. The summed E-state index contributed by atoms with van der Waals surface area (Å²) < 4.78 is 0. The summed E-state index contributed by atoms with van der Waals surface area (Å²) in [7, 11) is 2.08. The van der Waals surface area contributed by atoms with Crippen LogP contribution in [0.2, 0.25) is 5.02 Å². The monoisotopic (exact) mass is 210 g/mol. The summed E-state index contributed by atoms with van der Waals surface area (Å²) >= 11 is 6.24. The Kier molecular flexibility index (Phi) is 2.55. The predicted octanol–water partition coefficient (Wildman–Crippen LogP) is 2.76. The van der Waals surface area contributed by atoms with E-state index in [1.165, 1.54) is 11.3 Å². The summed E-state index contributed by atoms with van der Waals surface area (Å²) in [6.07, 6.45) is 1.03. The van der Waals surface area contributed by atoms with Crippen molar-refractivity contribution in [2.75, 3.05) is 30.4 Å². The molecule has 1 N–H and O–H groups in total. The smallest absolute Gasteiger partial charge is 0.0789 e. The number of nitrogens with zero attached hydrogens (tertiary/aromatic N) is 1. The van der Waals surface area contributed by atoms with Gasteiger partial charge in [0.1, 0.15) is 0 Å². The molecule has 0 spiro atoms. The van der Waals surface area contributed by atoms with Crippen LogP contribution >= 0.6 is 11.6 Å². The number of benzene rings is 1. The van der Waals surface area contributed by atoms with Crippen LogP contribution in [0.5, 0.6) is 0 Å². The van der Waals surface area contributed by atoms with Crippen molar-refractivity contribution >= 4 is 23.0 Å². The first-order valence-electron chi connectivity index (χ1n) is 4.99. The van der Waals surface area contributed by atoms with Gasteiger partial charge in [-0.15, -0.1) is 0 Å². The van der Waals surface area contributed by atoms with E-state index in [1.807, 2.05) is 0 Å². The van der Waals surface area contributed by atoms with Gasteiger partial charge in [0.25, 0.3) is 0 Å². The van der Waals surface area contributed by atoms with Crippen LogP contribution in [-0.4, -0.2) is 20.1 Å². The van der Waals surface area contributed by atoms with Crippen LogP contribution in [0.1, 0.15) is 12.5 Å². The fourth-order valence-corrected chi connectivity index (χ4v) is 2.24. The molecule has 1 aromatic carbocycles. The molecule has 1 aliphatic rings. The minimum atomic E-state index is 0.856. The average Bonchev–Trinajstić information content (AvgIpc) is 2.17. The molecule has 3 heteroatoms. The topological polar surface area (TPSA) is 15.3 Å². The first-order valence-corrected chi connectivity index (χ1v) is 5.37.